The molecule has 0 aromatic heterocycles. The first-order valence-electron chi connectivity index (χ1n) is 5.86. The van der Waals surface area contributed by atoms with Crippen molar-refractivity contribution in [2.24, 2.45) is 11.8 Å². The minimum atomic E-state index is -4.72. The molecule has 1 aromatic rings. The largest absolute Gasteiger partial charge is 0.493 e. The SMILES string of the molecule is CC(C)C(CS)COc1ccc(F)c(C(F)(F)F)c1. The van der Waals surface area contributed by atoms with E-state index in [0.29, 0.717) is 17.7 Å². The van der Waals surface area contributed by atoms with Crippen LogP contribution in [0, 0.1) is 17.7 Å². The first-order valence-corrected chi connectivity index (χ1v) is 6.49. The second-order valence-electron chi connectivity index (χ2n) is 4.64. The van der Waals surface area contributed by atoms with E-state index in [4.69, 9.17) is 4.74 Å². The van der Waals surface area contributed by atoms with E-state index in [1.807, 2.05) is 13.8 Å². The van der Waals surface area contributed by atoms with Crippen molar-refractivity contribution in [3.8, 4) is 5.75 Å². The van der Waals surface area contributed by atoms with Crippen LogP contribution in [-0.4, -0.2) is 12.4 Å². The van der Waals surface area contributed by atoms with Gasteiger partial charge in [-0.1, -0.05) is 13.8 Å². The van der Waals surface area contributed by atoms with Crippen LogP contribution in [0.2, 0.25) is 0 Å². The van der Waals surface area contributed by atoms with Gasteiger partial charge in [0.05, 0.1) is 12.2 Å². The molecule has 1 aromatic carbocycles. The zero-order valence-electron chi connectivity index (χ0n) is 10.7. The lowest BCUT2D eigenvalue weighted by Gasteiger charge is -2.19. The maximum atomic E-state index is 13.1. The van der Waals surface area contributed by atoms with Gasteiger partial charge in [0.1, 0.15) is 11.6 Å². The van der Waals surface area contributed by atoms with Crippen molar-refractivity contribution in [1.82, 2.24) is 0 Å². The third-order valence-electron chi connectivity index (χ3n) is 2.88. The summed E-state index contributed by atoms with van der Waals surface area (Å²) in [7, 11) is 0. The first kappa shape index (κ1) is 16.1. The van der Waals surface area contributed by atoms with Crippen molar-refractivity contribution < 1.29 is 22.3 Å². The van der Waals surface area contributed by atoms with Gasteiger partial charge in [0.15, 0.2) is 0 Å². The molecule has 1 atom stereocenters. The number of ether oxygens (including phenoxy) is 1. The predicted octanol–water partition coefficient (Wildman–Crippen LogP) is 4.43. The van der Waals surface area contributed by atoms with Crippen LogP contribution in [0.25, 0.3) is 0 Å². The highest BCUT2D eigenvalue weighted by Gasteiger charge is 2.34. The molecule has 1 rings (SSSR count). The Labute approximate surface area is 115 Å². The fraction of sp³-hybridized carbons (Fsp3) is 0.538. The van der Waals surface area contributed by atoms with Crippen LogP contribution in [0.1, 0.15) is 19.4 Å². The van der Waals surface area contributed by atoms with Crippen LogP contribution in [-0.2, 0) is 6.18 Å². The highest BCUT2D eigenvalue weighted by Crippen LogP contribution is 2.33. The molecule has 0 saturated carbocycles. The molecular weight excluding hydrogens is 280 g/mol. The highest BCUT2D eigenvalue weighted by atomic mass is 32.1. The third kappa shape index (κ3) is 4.60. The van der Waals surface area contributed by atoms with Gasteiger partial charge in [-0.25, -0.2) is 4.39 Å². The van der Waals surface area contributed by atoms with E-state index in [1.54, 1.807) is 0 Å². The van der Waals surface area contributed by atoms with Crippen LogP contribution in [0.15, 0.2) is 18.2 Å². The van der Waals surface area contributed by atoms with Crippen LogP contribution >= 0.6 is 12.6 Å². The summed E-state index contributed by atoms with van der Waals surface area (Å²) in [6, 6.07) is 2.65. The van der Waals surface area contributed by atoms with Gasteiger partial charge in [-0.3, -0.25) is 0 Å². The molecule has 0 radical (unpaired) electrons. The Morgan fingerprint density at radius 1 is 1.26 bits per heavy atom. The van der Waals surface area contributed by atoms with Gasteiger partial charge in [-0.15, -0.1) is 0 Å². The lowest BCUT2D eigenvalue weighted by atomic mass is 9.99. The number of rotatable bonds is 5. The van der Waals surface area contributed by atoms with Crippen molar-refractivity contribution in [2.75, 3.05) is 12.4 Å². The fourth-order valence-corrected chi connectivity index (χ4v) is 2.00. The molecule has 0 heterocycles. The average Bonchev–Trinajstić information content (AvgIpc) is 2.30. The summed E-state index contributed by atoms with van der Waals surface area (Å²) in [5.74, 6) is -0.274. The number of halogens is 4. The van der Waals surface area contributed by atoms with Gasteiger partial charge in [0.2, 0.25) is 0 Å². The summed E-state index contributed by atoms with van der Waals surface area (Å²) in [6.07, 6.45) is -4.72. The number of benzene rings is 1. The number of thiol groups is 1. The number of hydrogen-bond acceptors (Lipinski definition) is 2. The maximum absolute atomic E-state index is 13.1. The van der Waals surface area contributed by atoms with E-state index < -0.39 is 17.6 Å². The average molecular weight is 296 g/mol. The minimum absolute atomic E-state index is 0.0150. The molecule has 108 valence electrons. The number of alkyl halides is 3. The lowest BCUT2D eigenvalue weighted by molar-refractivity contribution is -0.140. The van der Waals surface area contributed by atoms with Crippen molar-refractivity contribution in [3.05, 3.63) is 29.6 Å². The Bertz CT molecular complexity index is 418. The summed E-state index contributed by atoms with van der Waals surface area (Å²) in [6.45, 7) is 4.22. The normalized spacial score (nSPS) is 13.7. The van der Waals surface area contributed by atoms with Crippen LogP contribution in [0.3, 0.4) is 0 Å². The molecule has 0 spiro atoms. The van der Waals surface area contributed by atoms with E-state index in [1.165, 1.54) is 6.07 Å². The fourth-order valence-electron chi connectivity index (χ4n) is 1.47. The van der Waals surface area contributed by atoms with Gasteiger partial charge in [-0.2, -0.15) is 25.8 Å². The van der Waals surface area contributed by atoms with E-state index in [9.17, 15) is 17.6 Å². The van der Waals surface area contributed by atoms with Crippen molar-refractivity contribution >= 4 is 12.6 Å². The summed E-state index contributed by atoms with van der Waals surface area (Å²) in [4.78, 5) is 0. The van der Waals surface area contributed by atoms with Crippen LogP contribution < -0.4 is 4.74 Å². The van der Waals surface area contributed by atoms with Crippen LogP contribution in [0.5, 0.6) is 5.75 Å². The van der Waals surface area contributed by atoms with Gasteiger partial charge in [-0.05, 0) is 29.9 Å². The second-order valence-corrected chi connectivity index (χ2v) is 5.00. The third-order valence-corrected chi connectivity index (χ3v) is 3.35. The Kier molecular flexibility index (Phi) is 5.52. The van der Waals surface area contributed by atoms with Crippen molar-refractivity contribution in [1.29, 1.82) is 0 Å². The van der Waals surface area contributed by atoms with E-state index >= 15 is 0 Å². The topological polar surface area (TPSA) is 9.23 Å². The molecule has 0 aliphatic rings. The summed E-state index contributed by atoms with van der Waals surface area (Å²) >= 11 is 4.16. The zero-order chi connectivity index (χ0) is 14.6. The Hall–Kier alpha value is -0.910. The van der Waals surface area contributed by atoms with Gasteiger partial charge in [0, 0.05) is 5.92 Å². The van der Waals surface area contributed by atoms with Gasteiger partial charge in [0.25, 0.3) is 0 Å². The summed E-state index contributed by atoms with van der Waals surface area (Å²) < 4.78 is 55.9. The van der Waals surface area contributed by atoms with E-state index in [0.717, 1.165) is 6.07 Å². The van der Waals surface area contributed by atoms with Gasteiger partial charge < -0.3 is 4.74 Å². The van der Waals surface area contributed by atoms with Crippen molar-refractivity contribution in [3.63, 3.8) is 0 Å². The highest BCUT2D eigenvalue weighted by molar-refractivity contribution is 7.80. The predicted molar refractivity (Wildman–Crippen MR) is 69.1 cm³/mol. The Morgan fingerprint density at radius 3 is 2.37 bits per heavy atom. The quantitative estimate of drug-likeness (QED) is 0.625. The standard InChI is InChI=1S/C13H16F4OS/c1-8(2)9(7-19)6-18-10-3-4-12(14)11(5-10)13(15,16)17/h3-5,8-9,19H,6-7H2,1-2H3. The maximum Gasteiger partial charge on any atom is 0.419 e. The molecule has 0 N–H and O–H groups in total. The summed E-state index contributed by atoms with van der Waals surface area (Å²) in [5.41, 5.74) is -1.31. The molecular formula is C13H16F4OS. The monoisotopic (exact) mass is 296 g/mol. The lowest BCUT2D eigenvalue weighted by Crippen LogP contribution is -2.19. The number of hydrogen-bond donors (Lipinski definition) is 1. The van der Waals surface area contributed by atoms with E-state index in [-0.39, 0.29) is 18.3 Å². The summed E-state index contributed by atoms with van der Waals surface area (Å²) in [5, 5.41) is 0. The molecule has 0 aliphatic carbocycles. The Balaban J connectivity index is 2.81. The van der Waals surface area contributed by atoms with Crippen LogP contribution in [0.4, 0.5) is 17.6 Å². The second kappa shape index (κ2) is 6.50. The molecule has 0 aliphatic heterocycles. The minimum Gasteiger partial charge on any atom is -0.493 e. The molecule has 0 bridgehead atoms. The molecule has 19 heavy (non-hydrogen) atoms. The molecule has 1 nitrogen and oxygen atoms in total. The Morgan fingerprint density at radius 2 is 1.89 bits per heavy atom. The molecule has 0 amide bonds. The zero-order valence-corrected chi connectivity index (χ0v) is 11.6. The van der Waals surface area contributed by atoms with Crippen molar-refractivity contribution in [2.45, 2.75) is 20.0 Å². The molecule has 1 unspecified atom stereocenters. The molecule has 0 saturated heterocycles. The molecule has 6 heteroatoms. The smallest absolute Gasteiger partial charge is 0.419 e. The van der Waals surface area contributed by atoms with E-state index in [2.05, 4.69) is 12.6 Å². The first-order chi connectivity index (χ1) is 8.75. The van der Waals surface area contributed by atoms with Gasteiger partial charge >= 0.3 is 6.18 Å². The molecule has 0 fully saturated rings.